The number of carbonyl (C=O) groups excluding carboxylic acids is 1. The van der Waals surface area contributed by atoms with Crippen molar-refractivity contribution in [1.82, 2.24) is 14.3 Å². The number of ether oxygens (including phenoxy) is 1. The number of nitrogens with one attached hydrogen (secondary N) is 1. The number of aryl methyl sites for hydroxylation is 1. The van der Waals surface area contributed by atoms with E-state index in [4.69, 9.17) is 4.74 Å². The van der Waals surface area contributed by atoms with E-state index < -0.39 is 21.5 Å². The van der Waals surface area contributed by atoms with Crippen LogP contribution in [0.4, 0.5) is 5.95 Å². The fourth-order valence-corrected chi connectivity index (χ4v) is 5.93. The molecule has 8 nitrogen and oxygen atoms in total. The molecule has 0 unspecified atom stereocenters. The van der Waals surface area contributed by atoms with Crippen LogP contribution in [0.25, 0.3) is 0 Å². The van der Waals surface area contributed by atoms with Crippen LogP contribution in [0.2, 0.25) is 0 Å². The number of aromatic nitrogens is 2. The number of hydrogen-bond donors (Lipinski definition) is 1. The Morgan fingerprint density at radius 1 is 1.03 bits per heavy atom. The highest BCUT2D eigenvalue weighted by atomic mass is 32.2. The van der Waals surface area contributed by atoms with Gasteiger partial charge in [-0.05, 0) is 43.9 Å². The van der Waals surface area contributed by atoms with Crippen molar-refractivity contribution in [2.75, 3.05) is 25.0 Å². The fourth-order valence-electron chi connectivity index (χ4n) is 4.26. The lowest BCUT2D eigenvalue weighted by atomic mass is 9.81. The largest absolute Gasteiger partial charge is 0.462 e. The topological polar surface area (TPSA) is 101 Å². The number of carbonyl (C=O) groups is 1. The number of hydrogen-bond acceptors (Lipinski definition) is 7. The van der Waals surface area contributed by atoms with Crippen molar-refractivity contribution in [3.8, 4) is 0 Å². The third-order valence-electron chi connectivity index (χ3n) is 6.13. The molecule has 9 heteroatoms. The Kier molecular flexibility index (Phi) is 6.95. The molecule has 1 saturated heterocycles. The van der Waals surface area contributed by atoms with Gasteiger partial charge < -0.3 is 10.1 Å². The highest BCUT2D eigenvalue weighted by Gasteiger charge is 2.40. The SMILES string of the molecule is CCOC(=O)c1cnc(NC2(c3ccccc3)CCN(S(=O)(=O)c3ccccc3C)CC2)nc1. The highest BCUT2D eigenvalue weighted by molar-refractivity contribution is 7.89. The summed E-state index contributed by atoms with van der Waals surface area (Å²) in [5, 5.41) is 3.44. The summed E-state index contributed by atoms with van der Waals surface area (Å²) in [4.78, 5) is 20.9. The number of benzene rings is 2. The number of sulfonamides is 1. The minimum Gasteiger partial charge on any atom is -0.462 e. The van der Waals surface area contributed by atoms with Crippen LogP contribution in [-0.4, -0.2) is 48.4 Å². The summed E-state index contributed by atoms with van der Waals surface area (Å²) in [7, 11) is -3.60. The summed E-state index contributed by atoms with van der Waals surface area (Å²) in [6.07, 6.45) is 3.93. The second-order valence-corrected chi connectivity index (χ2v) is 10.2. The fraction of sp³-hybridized carbons (Fsp3) is 0.320. The van der Waals surface area contributed by atoms with E-state index in [1.54, 1.807) is 23.4 Å². The van der Waals surface area contributed by atoms with Gasteiger partial charge in [0, 0.05) is 25.5 Å². The van der Waals surface area contributed by atoms with Crippen molar-refractivity contribution >= 4 is 21.9 Å². The third kappa shape index (κ3) is 4.80. The molecule has 0 atom stereocenters. The molecule has 2 aromatic carbocycles. The summed E-state index contributed by atoms with van der Waals surface area (Å²) in [6, 6.07) is 16.9. The maximum absolute atomic E-state index is 13.3. The number of anilines is 1. The summed E-state index contributed by atoms with van der Waals surface area (Å²) >= 11 is 0. The first kappa shape index (κ1) is 23.8. The van der Waals surface area contributed by atoms with Gasteiger partial charge in [0.05, 0.1) is 22.6 Å². The Hall–Kier alpha value is -3.30. The van der Waals surface area contributed by atoms with Gasteiger partial charge in [0.1, 0.15) is 0 Å². The predicted octanol–water partition coefficient (Wildman–Crippen LogP) is 3.75. The van der Waals surface area contributed by atoms with Crippen LogP contribution < -0.4 is 5.32 Å². The summed E-state index contributed by atoms with van der Waals surface area (Å²) < 4.78 is 33.1. The van der Waals surface area contributed by atoms with Crippen LogP contribution in [0.15, 0.2) is 71.9 Å². The third-order valence-corrected chi connectivity index (χ3v) is 8.19. The second kappa shape index (κ2) is 9.90. The summed E-state index contributed by atoms with van der Waals surface area (Å²) in [5.74, 6) is -0.103. The Bertz CT molecular complexity index is 1240. The van der Waals surface area contributed by atoms with E-state index >= 15 is 0 Å². The maximum Gasteiger partial charge on any atom is 0.341 e. The second-order valence-electron chi connectivity index (χ2n) is 8.26. The smallest absolute Gasteiger partial charge is 0.341 e. The molecular weight excluding hydrogens is 452 g/mol. The standard InChI is InChI=1S/C25H28N4O4S/c1-3-33-23(30)20-17-26-24(27-18-20)28-25(21-10-5-4-6-11-21)13-15-29(16-14-25)34(31,32)22-12-8-7-9-19(22)2/h4-12,17-18H,3,13-16H2,1-2H3,(H,26,27,28). The molecule has 1 fully saturated rings. The Morgan fingerprint density at radius 3 is 2.26 bits per heavy atom. The first-order chi connectivity index (χ1) is 16.4. The molecule has 4 rings (SSSR count). The van der Waals surface area contributed by atoms with E-state index in [0.717, 1.165) is 11.1 Å². The van der Waals surface area contributed by atoms with Crippen LogP contribution in [-0.2, 0) is 20.3 Å². The molecule has 3 aromatic rings. The van der Waals surface area contributed by atoms with E-state index in [2.05, 4.69) is 15.3 Å². The molecular formula is C25H28N4O4S. The van der Waals surface area contributed by atoms with Crippen LogP contribution in [0.1, 0.15) is 41.3 Å². The summed E-state index contributed by atoms with van der Waals surface area (Å²) in [6.45, 7) is 4.52. The molecule has 0 bridgehead atoms. The van der Waals surface area contributed by atoms with Gasteiger partial charge in [-0.3, -0.25) is 0 Å². The monoisotopic (exact) mass is 480 g/mol. The predicted molar refractivity (Wildman–Crippen MR) is 129 cm³/mol. The Labute approximate surface area is 200 Å². The van der Waals surface area contributed by atoms with Crippen LogP contribution >= 0.6 is 0 Å². The first-order valence-electron chi connectivity index (χ1n) is 11.2. The number of rotatable bonds is 7. The molecule has 1 aromatic heterocycles. The van der Waals surface area contributed by atoms with Gasteiger partial charge in [0.25, 0.3) is 0 Å². The average Bonchev–Trinajstić information content (AvgIpc) is 2.85. The minimum absolute atomic E-state index is 0.276. The lowest BCUT2D eigenvalue weighted by Gasteiger charge is -2.42. The molecule has 1 aliphatic heterocycles. The van der Waals surface area contributed by atoms with Gasteiger partial charge in [-0.15, -0.1) is 0 Å². The van der Waals surface area contributed by atoms with Crippen LogP contribution in [0.5, 0.6) is 0 Å². The lowest BCUT2D eigenvalue weighted by molar-refractivity contribution is 0.0525. The Balaban J connectivity index is 1.58. The zero-order chi connectivity index (χ0) is 24.2. The van der Waals surface area contributed by atoms with E-state index in [1.165, 1.54) is 12.4 Å². The zero-order valence-corrected chi connectivity index (χ0v) is 20.1. The Morgan fingerprint density at radius 2 is 1.65 bits per heavy atom. The first-order valence-corrected chi connectivity index (χ1v) is 12.7. The van der Waals surface area contributed by atoms with Gasteiger partial charge in [-0.2, -0.15) is 4.31 Å². The van der Waals surface area contributed by atoms with E-state index in [-0.39, 0.29) is 12.2 Å². The van der Waals surface area contributed by atoms with E-state index in [9.17, 15) is 13.2 Å². The van der Waals surface area contributed by atoms with Crippen LogP contribution in [0, 0.1) is 6.92 Å². The highest BCUT2D eigenvalue weighted by Crippen LogP contribution is 2.37. The molecule has 178 valence electrons. The lowest BCUT2D eigenvalue weighted by Crippen LogP contribution is -2.49. The molecule has 0 spiro atoms. The van der Waals surface area contributed by atoms with Crippen molar-refractivity contribution in [3.05, 3.63) is 83.7 Å². The molecule has 0 aliphatic carbocycles. The van der Waals surface area contributed by atoms with Crippen molar-refractivity contribution in [3.63, 3.8) is 0 Å². The molecule has 0 amide bonds. The molecule has 1 aliphatic rings. The minimum atomic E-state index is -3.60. The van der Waals surface area contributed by atoms with Crippen LogP contribution in [0.3, 0.4) is 0 Å². The quantitative estimate of drug-likeness (QED) is 0.514. The van der Waals surface area contributed by atoms with Gasteiger partial charge in [-0.25, -0.2) is 23.2 Å². The number of esters is 1. The van der Waals surface area contributed by atoms with Gasteiger partial charge in [0.2, 0.25) is 16.0 Å². The van der Waals surface area contributed by atoms with Crippen molar-refractivity contribution in [2.45, 2.75) is 37.1 Å². The van der Waals surface area contributed by atoms with Crippen molar-refractivity contribution in [1.29, 1.82) is 0 Å². The average molecular weight is 481 g/mol. The van der Waals surface area contributed by atoms with Crippen molar-refractivity contribution in [2.24, 2.45) is 0 Å². The molecule has 0 radical (unpaired) electrons. The molecule has 2 heterocycles. The van der Waals surface area contributed by atoms with Crippen molar-refractivity contribution < 1.29 is 17.9 Å². The number of nitrogens with zero attached hydrogens (tertiary/aromatic N) is 3. The number of piperidine rings is 1. The molecule has 1 N–H and O–H groups in total. The normalized spacial score (nSPS) is 16.1. The molecule has 0 saturated carbocycles. The summed E-state index contributed by atoms with van der Waals surface area (Å²) in [5.41, 5.74) is 1.49. The van der Waals surface area contributed by atoms with Gasteiger partial charge in [0.15, 0.2) is 0 Å². The molecule has 34 heavy (non-hydrogen) atoms. The zero-order valence-electron chi connectivity index (χ0n) is 19.3. The van der Waals surface area contributed by atoms with E-state index in [0.29, 0.717) is 36.8 Å². The van der Waals surface area contributed by atoms with Gasteiger partial charge >= 0.3 is 5.97 Å². The maximum atomic E-state index is 13.3. The van der Waals surface area contributed by atoms with Gasteiger partial charge in [-0.1, -0.05) is 48.5 Å². The van der Waals surface area contributed by atoms with E-state index in [1.807, 2.05) is 49.4 Å².